The molecular weight excluding hydrogens is 310 g/mol. The Bertz CT molecular complexity index is 522. The molecule has 0 radical (unpaired) electrons. The van der Waals surface area contributed by atoms with Gasteiger partial charge in [-0.15, -0.1) is 0 Å². The van der Waals surface area contributed by atoms with Gasteiger partial charge in [-0.3, -0.25) is 0 Å². The van der Waals surface area contributed by atoms with Crippen molar-refractivity contribution in [2.45, 2.75) is 26.3 Å². The van der Waals surface area contributed by atoms with E-state index in [4.69, 9.17) is 0 Å². The quantitative estimate of drug-likeness (QED) is 0.787. The van der Waals surface area contributed by atoms with E-state index in [1.165, 1.54) is 11.1 Å². The van der Waals surface area contributed by atoms with Crippen LogP contribution in [0.15, 0.2) is 59.1 Å². The lowest BCUT2D eigenvalue weighted by Crippen LogP contribution is -2.24. The SMILES string of the molecule is CC(C)C(CNCc1cccc(Br)c1)c1ccccc1. The Labute approximate surface area is 130 Å². The van der Waals surface area contributed by atoms with E-state index in [1.807, 2.05) is 0 Å². The summed E-state index contributed by atoms with van der Waals surface area (Å²) in [4.78, 5) is 0. The molecule has 0 fully saturated rings. The second-order valence-corrected chi connectivity index (χ2v) is 6.44. The van der Waals surface area contributed by atoms with Crippen LogP contribution in [0.25, 0.3) is 0 Å². The van der Waals surface area contributed by atoms with Crippen molar-refractivity contribution < 1.29 is 0 Å². The van der Waals surface area contributed by atoms with Crippen molar-refractivity contribution in [2.24, 2.45) is 5.92 Å². The second-order valence-electron chi connectivity index (χ2n) is 5.52. The highest BCUT2D eigenvalue weighted by atomic mass is 79.9. The summed E-state index contributed by atoms with van der Waals surface area (Å²) in [6.07, 6.45) is 0. The molecule has 1 atom stereocenters. The number of nitrogens with one attached hydrogen (secondary N) is 1. The molecule has 2 aromatic rings. The fraction of sp³-hybridized carbons (Fsp3) is 0.333. The van der Waals surface area contributed by atoms with E-state index in [1.54, 1.807) is 0 Å². The van der Waals surface area contributed by atoms with E-state index in [2.05, 4.69) is 89.7 Å². The maximum atomic E-state index is 3.59. The van der Waals surface area contributed by atoms with Gasteiger partial charge in [0.15, 0.2) is 0 Å². The summed E-state index contributed by atoms with van der Waals surface area (Å²) in [5.74, 6) is 1.19. The summed E-state index contributed by atoms with van der Waals surface area (Å²) in [5, 5.41) is 3.59. The van der Waals surface area contributed by atoms with E-state index in [-0.39, 0.29) is 0 Å². The van der Waals surface area contributed by atoms with Crippen LogP contribution in [0.3, 0.4) is 0 Å². The van der Waals surface area contributed by atoms with Crippen LogP contribution in [-0.2, 0) is 6.54 Å². The van der Waals surface area contributed by atoms with E-state index in [0.717, 1.165) is 17.6 Å². The predicted molar refractivity (Wildman–Crippen MR) is 89.9 cm³/mol. The monoisotopic (exact) mass is 331 g/mol. The summed E-state index contributed by atoms with van der Waals surface area (Å²) in [5.41, 5.74) is 2.74. The minimum atomic E-state index is 0.559. The van der Waals surface area contributed by atoms with Crippen molar-refractivity contribution in [3.63, 3.8) is 0 Å². The predicted octanol–water partition coefficient (Wildman–Crippen LogP) is 4.98. The largest absolute Gasteiger partial charge is 0.312 e. The molecule has 0 amide bonds. The molecule has 2 heteroatoms. The highest BCUT2D eigenvalue weighted by molar-refractivity contribution is 9.10. The van der Waals surface area contributed by atoms with Gasteiger partial charge in [-0.2, -0.15) is 0 Å². The van der Waals surface area contributed by atoms with Crippen LogP contribution < -0.4 is 5.32 Å². The molecule has 0 bridgehead atoms. The molecule has 0 aliphatic carbocycles. The Hall–Kier alpha value is -1.12. The molecule has 0 aliphatic rings. The normalized spacial score (nSPS) is 12.6. The van der Waals surface area contributed by atoms with Crippen LogP contribution in [0.5, 0.6) is 0 Å². The molecular formula is C18H22BrN. The zero-order valence-corrected chi connectivity index (χ0v) is 13.7. The van der Waals surface area contributed by atoms with E-state index >= 15 is 0 Å². The van der Waals surface area contributed by atoms with Gasteiger partial charge in [0.05, 0.1) is 0 Å². The lowest BCUT2D eigenvalue weighted by Gasteiger charge is -2.22. The summed E-state index contributed by atoms with van der Waals surface area (Å²) < 4.78 is 1.14. The topological polar surface area (TPSA) is 12.0 Å². The zero-order chi connectivity index (χ0) is 14.4. The molecule has 0 aliphatic heterocycles. The molecule has 1 N–H and O–H groups in total. The first-order chi connectivity index (χ1) is 9.66. The molecule has 20 heavy (non-hydrogen) atoms. The minimum Gasteiger partial charge on any atom is -0.312 e. The van der Waals surface area contributed by atoms with Crippen molar-refractivity contribution >= 4 is 15.9 Å². The highest BCUT2D eigenvalue weighted by Crippen LogP contribution is 2.23. The Morgan fingerprint density at radius 2 is 1.75 bits per heavy atom. The first-order valence-electron chi connectivity index (χ1n) is 7.17. The fourth-order valence-corrected chi connectivity index (χ4v) is 2.90. The van der Waals surface area contributed by atoms with Gasteiger partial charge in [0.2, 0.25) is 0 Å². The fourth-order valence-electron chi connectivity index (χ4n) is 2.46. The molecule has 0 spiro atoms. The summed E-state index contributed by atoms with van der Waals surface area (Å²) >= 11 is 3.52. The van der Waals surface area contributed by atoms with Crippen LogP contribution in [-0.4, -0.2) is 6.54 Å². The van der Waals surface area contributed by atoms with Crippen molar-refractivity contribution in [1.82, 2.24) is 5.32 Å². The summed E-state index contributed by atoms with van der Waals surface area (Å²) in [7, 11) is 0. The number of halogens is 1. The van der Waals surface area contributed by atoms with E-state index in [0.29, 0.717) is 11.8 Å². The van der Waals surface area contributed by atoms with Crippen molar-refractivity contribution in [3.05, 3.63) is 70.2 Å². The number of rotatable bonds is 6. The van der Waals surface area contributed by atoms with Crippen molar-refractivity contribution in [3.8, 4) is 0 Å². The third-order valence-electron chi connectivity index (χ3n) is 3.61. The standard InChI is InChI=1S/C18H22BrN/c1-14(2)18(16-8-4-3-5-9-16)13-20-12-15-7-6-10-17(19)11-15/h3-11,14,18,20H,12-13H2,1-2H3. The molecule has 1 unspecified atom stereocenters. The van der Waals surface area contributed by atoms with Crippen LogP contribution in [0.4, 0.5) is 0 Å². The van der Waals surface area contributed by atoms with Gasteiger partial charge >= 0.3 is 0 Å². The lowest BCUT2D eigenvalue weighted by molar-refractivity contribution is 0.461. The molecule has 0 saturated carbocycles. The smallest absolute Gasteiger partial charge is 0.0206 e. The average molecular weight is 332 g/mol. The molecule has 2 aromatic carbocycles. The number of hydrogen-bond acceptors (Lipinski definition) is 1. The Kier molecular flexibility index (Phi) is 5.81. The third-order valence-corrected chi connectivity index (χ3v) is 4.11. The Balaban J connectivity index is 1.93. The third kappa shape index (κ3) is 4.46. The van der Waals surface area contributed by atoms with Crippen molar-refractivity contribution in [1.29, 1.82) is 0 Å². The molecule has 0 saturated heterocycles. The average Bonchev–Trinajstić information content (AvgIpc) is 2.44. The van der Waals surface area contributed by atoms with Gasteiger partial charge in [-0.25, -0.2) is 0 Å². The van der Waals surface area contributed by atoms with Crippen LogP contribution >= 0.6 is 15.9 Å². The molecule has 2 rings (SSSR count). The zero-order valence-electron chi connectivity index (χ0n) is 12.1. The molecule has 106 valence electrons. The highest BCUT2D eigenvalue weighted by Gasteiger charge is 2.14. The Morgan fingerprint density at radius 3 is 2.40 bits per heavy atom. The van der Waals surface area contributed by atoms with Gasteiger partial charge in [-0.1, -0.05) is 72.2 Å². The molecule has 0 heterocycles. The maximum Gasteiger partial charge on any atom is 0.0206 e. The first kappa shape index (κ1) is 15.3. The minimum absolute atomic E-state index is 0.559. The van der Waals surface area contributed by atoms with Gasteiger partial charge in [0.1, 0.15) is 0 Å². The molecule has 0 aromatic heterocycles. The Morgan fingerprint density at radius 1 is 1.00 bits per heavy atom. The molecule has 1 nitrogen and oxygen atoms in total. The van der Waals surface area contributed by atoms with Gasteiger partial charge in [-0.05, 0) is 35.1 Å². The summed E-state index contributed by atoms with van der Waals surface area (Å²) in [6, 6.07) is 19.2. The van der Waals surface area contributed by atoms with Gasteiger partial charge < -0.3 is 5.32 Å². The number of hydrogen-bond donors (Lipinski definition) is 1. The van der Waals surface area contributed by atoms with Gasteiger partial charge in [0, 0.05) is 17.6 Å². The van der Waals surface area contributed by atoms with Crippen LogP contribution in [0, 0.1) is 5.92 Å². The van der Waals surface area contributed by atoms with E-state index in [9.17, 15) is 0 Å². The van der Waals surface area contributed by atoms with E-state index < -0.39 is 0 Å². The van der Waals surface area contributed by atoms with Crippen LogP contribution in [0.1, 0.15) is 30.9 Å². The van der Waals surface area contributed by atoms with Crippen LogP contribution in [0.2, 0.25) is 0 Å². The van der Waals surface area contributed by atoms with Gasteiger partial charge in [0.25, 0.3) is 0 Å². The lowest BCUT2D eigenvalue weighted by atomic mass is 9.88. The number of benzene rings is 2. The van der Waals surface area contributed by atoms with Crippen molar-refractivity contribution in [2.75, 3.05) is 6.54 Å². The summed E-state index contributed by atoms with van der Waals surface area (Å²) in [6.45, 7) is 6.50. The second kappa shape index (κ2) is 7.61. The maximum absolute atomic E-state index is 3.59. The first-order valence-corrected chi connectivity index (χ1v) is 7.96.